The van der Waals surface area contributed by atoms with E-state index in [-0.39, 0.29) is 48.8 Å². The lowest BCUT2D eigenvalue weighted by Gasteiger charge is -2.14. The molecule has 0 saturated carbocycles. The second-order valence-corrected chi connectivity index (χ2v) is 11.4. The number of benzene rings is 3. The number of fused-ring (bicyclic) bond motifs is 3. The predicted octanol–water partition coefficient (Wildman–Crippen LogP) is 6.36. The summed E-state index contributed by atoms with van der Waals surface area (Å²) >= 11 is 0. The Bertz CT molecular complexity index is 1290. The van der Waals surface area contributed by atoms with Gasteiger partial charge in [-0.2, -0.15) is 0 Å². The zero-order valence-electron chi connectivity index (χ0n) is 25.7. The van der Waals surface area contributed by atoms with Gasteiger partial charge in [0, 0.05) is 38.2 Å². The van der Waals surface area contributed by atoms with Crippen molar-refractivity contribution < 1.29 is 33.3 Å². The lowest BCUT2D eigenvalue weighted by atomic mass is 9.94. The van der Waals surface area contributed by atoms with Crippen molar-refractivity contribution in [3.63, 3.8) is 0 Å². The van der Waals surface area contributed by atoms with Crippen molar-refractivity contribution in [3.05, 3.63) is 95.6 Å². The predicted molar refractivity (Wildman–Crippen MR) is 170 cm³/mol. The molecule has 3 aromatic rings. The number of hydrogen-bond acceptors (Lipinski definition) is 7. The van der Waals surface area contributed by atoms with E-state index >= 15 is 0 Å². The van der Waals surface area contributed by atoms with E-state index in [1.54, 1.807) is 0 Å². The normalized spacial score (nSPS) is 12.8. The Morgan fingerprint density at radius 1 is 0.659 bits per heavy atom. The van der Waals surface area contributed by atoms with Crippen LogP contribution in [0, 0.1) is 5.92 Å². The summed E-state index contributed by atoms with van der Waals surface area (Å²) in [6.45, 7) is 4.30. The summed E-state index contributed by atoms with van der Waals surface area (Å²) < 4.78 is 22.0. The Kier molecular flexibility index (Phi) is 13.8. The summed E-state index contributed by atoms with van der Waals surface area (Å²) in [6, 6.07) is 26.7. The molecule has 0 amide bonds. The molecule has 0 spiro atoms. The quantitative estimate of drug-likeness (QED) is 0.104. The fraction of sp³-hybridized carbons (Fsp3) is 0.432. The highest BCUT2D eigenvalue weighted by atomic mass is 16.5. The maximum atomic E-state index is 12.3. The van der Waals surface area contributed by atoms with Gasteiger partial charge in [0.1, 0.15) is 19.0 Å². The van der Waals surface area contributed by atoms with Crippen LogP contribution in [0.15, 0.2) is 78.9 Å². The average molecular weight is 601 g/mol. The molecule has 0 fully saturated rings. The van der Waals surface area contributed by atoms with E-state index in [9.17, 15) is 14.4 Å². The van der Waals surface area contributed by atoms with Crippen molar-refractivity contribution in [2.45, 2.75) is 51.4 Å². The van der Waals surface area contributed by atoms with E-state index in [1.165, 1.54) is 27.8 Å². The second kappa shape index (κ2) is 18.2. The minimum atomic E-state index is -0.222. The fourth-order valence-electron chi connectivity index (χ4n) is 5.56. The van der Waals surface area contributed by atoms with Crippen LogP contribution in [0.5, 0.6) is 0 Å². The fourth-order valence-corrected chi connectivity index (χ4v) is 5.56. The molecule has 1 atom stereocenters. The Morgan fingerprint density at radius 2 is 1.23 bits per heavy atom. The molecule has 0 heterocycles. The highest BCUT2D eigenvalue weighted by molar-refractivity contribution is 5.86. The number of hydrogen-bond donors (Lipinski definition) is 0. The second-order valence-electron chi connectivity index (χ2n) is 11.4. The molecule has 3 aromatic carbocycles. The highest BCUT2D eigenvalue weighted by Gasteiger charge is 2.28. The first kappa shape index (κ1) is 33.2. The van der Waals surface area contributed by atoms with E-state index in [0.29, 0.717) is 58.9 Å². The Balaban J connectivity index is 0.947. The molecule has 0 saturated heterocycles. The molecule has 0 aromatic heterocycles. The van der Waals surface area contributed by atoms with Gasteiger partial charge < -0.3 is 18.9 Å². The maximum Gasteiger partial charge on any atom is 0.305 e. The van der Waals surface area contributed by atoms with Gasteiger partial charge in [0.2, 0.25) is 0 Å². The third-order valence-corrected chi connectivity index (χ3v) is 7.74. The van der Waals surface area contributed by atoms with Gasteiger partial charge in [-0.15, -0.1) is 0 Å². The number of carbonyl (C=O) groups is 3. The molecule has 1 aliphatic rings. The topological polar surface area (TPSA) is 88.1 Å². The van der Waals surface area contributed by atoms with E-state index < -0.39 is 0 Å². The molecule has 44 heavy (non-hydrogen) atoms. The first-order valence-electron chi connectivity index (χ1n) is 15.7. The smallest absolute Gasteiger partial charge is 0.305 e. The van der Waals surface area contributed by atoms with Gasteiger partial charge in [0.05, 0.1) is 26.4 Å². The van der Waals surface area contributed by atoms with E-state index in [1.807, 2.05) is 42.5 Å². The van der Waals surface area contributed by atoms with Crippen LogP contribution in [0.25, 0.3) is 11.1 Å². The number of ether oxygens (including phenoxy) is 4. The SMILES string of the molecule is CC(CC(=O)CCC(=O)COCCOCCOCCCC(=O)OCC1c2ccccc2-c2ccccc21)Cc1ccccc1. The highest BCUT2D eigenvalue weighted by Crippen LogP contribution is 2.44. The molecule has 4 rings (SSSR count). The van der Waals surface area contributed by atoms with Gasteiger partial charge in [-0.1, -0.05) is 85.8 Å². The van der Waals surface area contributed by atoms with Crippen molar-refractivity contribution in [1.29, 1.82) is 0 Å². The van der Waals surface area contributed by atoms with Crippen molar-refractivity contribution in [2.75, 3.05) is 46.2 Å². The molecule has 7 nitrogen and oxygen atoms in total. The van der Waals surface area contributed by atoms with Crippen molar-refractivity contribution >= 4 is 17.5 Å². The van der Waals surface area contributed by atoms with Gasteiger partial charge >= 0.3 is 5.97 Å². The van der Waals surface area contributed by atoms with Crippen LogP contribution in [-0.2, 0) is 39.8 Å². The van der Waals surface area contributed by atoms with Crippen molar-refractivity contribution in [3.8, 4) is 11.1 Å². The van der Waals surface area contributed by atoms with Crippen molar-refractivity contribution in [2.24, 2.45) is 5.92 Å². The summed E-state index contributed by atoms with van der Waals surface area (Å²) in [5.41, 5.74) is 6.05. The van der Waals surface area contributed by atoms with E-state index in [4.69, 9.17) is 18.9 Å². The molecule has 1 unspecified atom stereocenters. The minimum Gasteiger partial charge on any atom is -0.465 e. The zero-order valence-corrected chi connectivity index (χ0v) is 25.7. The molecule has 1 aliphatic carbocycles. The molecule has 234 valence electrons. The Hall–Kier alpha value is -3.65. The van der Waals surface area contributed by atoms with Crippen LogP contribution < -0.4 is 0 Å². The monoisotopic (exact) mass is 600 g/mol. The lowest BCUT2D eigenvalue weighted by molar-refractivity contribution is -0.144. The lowest BCUT2D eigenvalue weighted by Crippen LogP contribution is -2.16. The summed E-state index contributed by atoms with van der Waals surface area (Å²) in [6.07, 6.45) is 2.69. The van der Waals surface area contributed by atoms with Gasteiger partial charge in [-0.3, -0.25) is 14.4 Å². The zero-order chi connectivity index (χ0) is 31.0. The number of esters is 1. The first-order chi connectivity index (χ1) is 21.5. The number of ketones is 2. The van der Waals surface area contributed by atoms with Gasteiger partial charge in [-0.05, 0) is 46.6 Å². The molecule has 0 bridgehead atoms. The minimum absolute atomic E-state index is 0.0113. The van der Waals surface area contributed by atoms with Gasteiger partial charge in [-0.25, -0.2) is 0 Å². The van der Waals surface area contributed by atoms with Crippen LogP contribution in [0.1, 0.15) is 61.6 Å². The van der Waals surface area contributed by atoms with Crippen LogP contribution in [-0.4, -0.2) is 63.8 Å². The first-order valence-corrected chi connectivity index (χ1v) is 15.7. The third kappa shape index (κ3) is 10.8. The van der Waals surface area contributed by atoms with Gasteiger partial charge in [0.15, 0.2) is 5.78 Å². The van der Waals surface area contributed by atoms with E-state index in [2.05, 4.69) is 43.3 Å². The number of Topliss-reactive ketones (excluding diaryl/α,β-unsaturated/α-hetero) is 2. The van der Waals surface area contributed by atoms with Gasteiger partial charge in [0.25, 0.3) is 0 Å². The molecule has 0 radical (unpaired) electrons. The summed E-state index contributed by atoms with van der Waals surface area (Å²) in [4.78, 5) is 36.6. The summed E-state index contributed by atoms with van der Waals surface area (Å²) in [5.74, 6) is 0.131. The third-order valence-electron chi connectivity index (χ3n) is 7.74. The van der Waals surface area contributed by atoms with E-state index in [0.717, 1.165) is 6.42 Å². The molecule has 0 N–H and O–H groups in total. The average Bonchev–Trinajstić information content (AvgIpc) is 3.35. The van der Waals surface area contributed by atoms with Crippen LogP contribution in [0.3, 0.4) is 0 Å². The largest absolute Gasteiger partial charge is 0.465 e. The summed E-state index contributed by atoms with van der Waals surface area (Å²) in [7, 11) is 0. The molecular weight excluding hydrogens is 556 g/mol. The maximum absolute atomic E-state index is 12.3. The van der Waals surface area contributed by atoms with Crippen LogP contribution in [0.2, 0.25) is 0 Å². The molecular formula is C37H44O7. The molecule has 7 heteroatoms. The molecule has 0 aliphatic heterocycles. The van der Waals surface area contributed by atoms with Crippen molar-refractivity contribution in [1.82, 2.24) is 0 Å². The summed E-state index contributed by atoms with van der Waals surface area (Å²) in [5, 5.41) is 0. The van der Waals surface area contributed by atoms with Crippen LogP contribution in [0.4, 0.5) is 0 Å². The standard InChI is InChI=1S/C37H44O7/c1-28(24-29-10-3-2-4-11-29)25-30(38)17-18-31(39)26-43-23-22-42-21-20-41-19-9-16-37(40)44-27-36-34-14-7-5-12-32(34)33-13-6-8-15-35(33)36/h2-8,10-15,28,36H,9,16-27H2,1H3. The number of rotatable bonds is 21. The Labute approximate surface area is 260 Å². The Morgan fingerprint density at radius 3 is 1.91 bits per heavy atom. The number of carbonyl (C=O) groups excluding carboxylic acids is 3. The van der Waals surface area contributed by atoms with Crippen LogP contribution >= 0.6 is 0 Å².